The normalized spacial score (nSPS) is 15.2. The van der Waals surface area contributed by atoms with Crippen LogP contribution in [0.25, 0.3) is 0 Å². The molecule has 4 aromatic rings. The van der Waals surface area contributed by atoms with Gasteiger partial charge in [-0.2, -0.15) is 0 Å². The monoisotopic (exact) mass is 648 g/mol. The standard InChI is InChI=1S/C41H48N2O5/c1-29(2)36-22-37(39(48-28-31-13-9-6-10-14-31)23-38(36)47-27-30-11-7-5-8-12-30)40(44)43-25-34-16-15-32(21-35(34)26-43)24-42-19-17-33(18-20-42)41(45-3)46-4/h5-16,21-23,29,33,41H,17-20,24-28H2,1-4H3. The highest BCUT2D eigenvalue weighted by molar-refractivity contribution is 5.98. The molecule has 0 atom stereocenters. The molecule has 0 bridgehead atoms. The average Bonchev–Trinajstić information content (AvgIpc) is 3.55. The predicted molar refractivity (Wildman–Crippen MR) is 188 cm³/mol. The van der Waals surface area contributed by atoms with Crippen LogP contribution in [0.5, 0.6) is 11.5 Å². The van der Waals surface area contributed by atoms with Gasteiger partial charge in [0, 0.05) is 45.8 Å². The SMILES string of the molecule is COC(OC)C1CCN(Cc2ccc3c(c2)CN(C(=O)c2cc(C(C)C)c(OCc4ccccc4)cc2OCc2ccccc2)C3)CC1. The number of hydrogen-bond donors (Lipinski definition) is 0. The molecule has 1 saturated heterocycles. The Bertz CT molecular complexity index is 1650. The molecular formula is C41H48N2O5. The van der Waals surface area contributed by atoms with Crippen molar-refractivity contribution in [2.75, 3.05) is 27.3 Å². The van der Waals surface area contributed by atoms with E-state index in [-0.39, 0.29) is 18.1 Å². The van der Waals surface area contributed by atoms with Crippen LogP contribution >= 0.6 is 0 Å². The number of amides is 1. The number of piperidine rings is 1. The molecule has 0 aliphatic carbocycles. The van der Waals surface area contributed by atoms with Crippen LogP contribution in [0.15, 0.2) is 91.0 Å². The zero-order valence-electron chi connectivity index (χ0n) is 28.7. The topological polar surface area (TPSA) is 60.5 Å². The maximum Gasteiger partial charge on any atom is 0.258 e. The summed E-state index contributed by atoms with van der Waals surface area (Å²) >= 11 is 0. The Hall–Kier alpha value is -4.17. The number of likely N-dealkylation sites (tertiary alicyclic amines) is 1. The molecule has 2 heterocycles. The summed E-state index contributed by atoms with van der Waals surface area (Å²) in [7, 11) is 3.44. The Balaban J connectivity index is 1.19. The van der Waals surface area contributed by atoms with Crippen molar-refractivity contribution >= 4 is 5.91 Å². The summed E-state index contributed by atoms with van der Waals surface area (Å²) in [4.78, 5) is 18.8. The van der Waals surface area contributed by atoms with Crippen LogP contribution in [0, 0.1) is 5.92 Å². The zero-order valence-corrected chi connectivity index (χ0v) is 28.7. The maximum atomic E-state index is 14.3. The van der Waals surface area contributed by atoms with E-state index in [4.69, 9.17) is 18.9 Å². The van der Waals surface area contributed by atoms with Crippen molar-refractivity contribution in [2.45, 2.75) is 71.7 Å². The second-order valence-electron chi connectivity index (χ2n) is 13.3. The van der Waals surface area contributed by atoms with Crippen molar-refractivity contribution < 1.29 is 23.7 Å². The van der Waals surface area contributed by atoms with Crippen LogP contribution in [0.3, 0.4) is 0 Å². The van der Waals surface area contributed by atoms with Gasteiger partial charge in [-0.15, -0.1) is 0 Å². The molecule has 0 saturated carbocycles. The molecule has 2 aliphatic heterocycles. The highest BCUT2D eigenvalue weighted by atomic mass is 16.7. The van der Waals surface area contributed by atoms with E-state index in [1.54, 1.807) is 14.2 Å². The van der Waals surface area contributed by atoms with Crippen LogP contribution in [-0.2, 0) is 42.3 Å². The Morgan fingerprint density at radius 3 is 1.94 bits per heavy atom. The van der Waals surface area contributed by atoms with Gasteiger partial charge >= 0.3 is 0 Å². The maximum absolute atomic E-state index is 14.3. The molecule has 0 spiro atoms. The fourth-order valence-electron chi connectivity index (χ4n) is 6.89. The number of nitrogens with zero attached hydrogens (tertiary/aromatic N) is 2. The van der Waals surface area contributed by atoms with Gasteiger partial charge in [-0.05, 0) is 71.3 Å². The number of carbonyl (C=O) groups is 1. The summed E-state index contributed by atoms with van der Waals surface area (Å²) in [5.41, 5.74) is 7.39. The van der Waals surface area contributed by atoms with Gasteiger partial charge in [0.05, 0.1) is 5.56 Å². The molecule has 0 radical (unpaired) electrons. The first kappa shape index (κ1) is 33.7. The summed E-state index contributed by atoms with van der Waals surface area (Å²) in [6, 6.07) is 30.8. The van der Waals surface area contributed by atoms with Crippen LogP contribution in [0.2, 0.25) is 0 Å². The summed E-state index contributed by atoms with van der Waals surface area (Å²) in [6.07, 6.45) is 1.99. The molecule has 0 unspecified atom stereocenters. The summed E-state index contributed by atoms with van der Waals surface area (Å²) < 4.78 is 23.8. The van der Waals surface area contributed by atoms with Gasteiger partial charge in [0.25, 0.3) is 5.91 Å². The quantitative estimate of drug-likeness (QED) is 0.137. The second kappa shape index (κ2) is 15.8. The average molecular weight is 649 g/mol. The number of methoxy groups -OCH3 is 2. The highest BCUT2D eigenvalue weighted by Crippen LogP contribution is 2.37. The predicted octanol–water partition coefficient (Wildman–Crippen LogP) is 7.95. The molecule has 0 N–H and O–H groups in total. The van der Waals surface area contributed by atoms with Crippen LogP contribution in [0.4, 0.5) is 0 Å². The van der Waals surface area contributed by atoms with Gasteiger partial charge in [0.1, 0.15) is 24.7 Å². The minimum absolute atomic E-state index is 0.0276. The minimum Gasteiger partial charge on any atom is -0.488 e. The van der Waals surface area contributed by atoms with Crippen molar-refractivity contribution in [2.24, 2.45) is 5.92 Å². The fourth-order valence-corrected chi connectivity index (χ4v) is 6.89. The smallest absolute Gasteiger partial charge is 0.258 e. The van der Waals surface area contributed by atoms with E-state index in [0.717, 1.165) is 54.9 Å². The van der Waals surface area contributed by atoms with E-state index < -0.39 is 0 Å². The molecule has 252 valence electrons. The molecule has 1 amide bonds. The summed E-state index contributed by atoms with van der Waals surface area (Å²) in [6.45, 7) is 9.16. The molecule has 7 nitrogen and oxygen atoms in total. The van der Waals surface area contributed by atoms with Gasteiger partial charge in [0.15, 0.2) is 6.29 Å². The largest absolute Gasteiger partial charge is 0.488 e. The first-order valence-corrected chi connectivity index (χ1v) is 17.1. The van der Waals surface area contributed by atoms with Gasteiger partial charge < -0.3 is 23.8 Å². The van der Waals surface area contributed by atoms with E-state index in [9.17, 15) is 4.79 Å². The van der Waals surface area contributed by atoms with E-state index in [2.05, 4.69) is 49.1 Å². The van der Waals surface area contributed by atoms with E-state index >= 15 is 0 Å². The van der Waals surface area contributed by atoms with Gasteiger partial charge in [-0.25, -0.2) is 0 Å². The number of benzene rings is 4. The Kier molecular flexibility index (Phi) is 11.1. The summed E-state index contributed by atoms with van der Waals surface area (Å²) in [5.74, 6) is 1.84. The second-order valence-corrected chi connectivity index (χ2v) is 13.3. The Morgan fingerprint density at radius 2 is 1.33 bits per heavy atom. The van der Waals surface area contributed by atoms with Crippen LogP contribution < -0.4 is 9.47 Å². The lowest BCUT2D eigenvalue weighted by Crippen LogP contribution is -2.38. The molecule has 2 aliphatic rings. The van der Waals surface area contributed by atoms with Gasteiger partial charge in [-0.3, -0.25) is 9.69 Å². The fraction of sp³-hybridized carbons (Fsp3) is 0.390. The van der Waals surface area contributed by atoms with Gasteiger partial charge in [0.2, 0.25) is 0 Å². The lowest BCUT2D eigenvalue weighted by atomic mass is 9.95. The molecule has 0 aromatic heterocycles. The number of rotatable bonds is 13. The zero-order chi connectivity index (χ0) is 33.5. The lowest BCUT2D eigenvalue weighted by molar-refractivity contribution is -0.147. The number of fused-ring (bicyclic) bond motifs is 1. The first-order chi connectivity index (χ1) is 23.4. The van der Waals surface area contributed by atoms with Crippen LogP contribution in [-0.4, -0.2) is 49.3 Å². The third kappa shape index (κ3) is 8.09. The molecule has 1 fully saturated rings. The molecule has 48 heavy (non-hydrogen) atoms. The lowest BCUT2D eigenvalue weighted by Gasteiger charge is -2.34. The number of carbonyl (C=O) groups excluding carboxylic acids is 1. The number of hydrogen-bond acceptors (Lipinski definition) is 6. The summed E-state index contributed by atoms with van der Waals surface area (Å²) in [5, 5.41) is 0. The van der Waals surface area contributed by atoms with Crippen molar-refractivity contribution in [3.05, 3.63) is 130 Å². The Labute approximate surface area is 285 Å². The minimum atomic E-state index is -0.130. The first-order valence-electron chi connectivity index (χ1n) is 17.1. The van der Waals surface area contributed by atoms with Crippen molar-refractivity contribution in [3.8, 4) is 11.5 Å². The van der Waals surface area contributed by atoms with E-state index in [1.165, 1.54) is 16.7 Å². The van der Waals surface area contributed by atoms with Crippen LogP contribution in [0.1, 0.15) is 76.3 Å². The van der Waals surface area contributed by atoms with E-state index in [0.29, 0.717) is 43.5 Å². The highest BCUT2D eigenvalue weighted by Gasteiger charge is 2.30. The third-order valence-corrected chi connectivity index (χ3v) is 9.61. The van der Waals surface area contributed by atoms with Crippen molar-refractivity contribution in [1.82, 2.24) is 9.80 Å². The Morgan fingerprint density at radius 1 is 0.729 bits per heavy atom. The van der Waals surface area contributed by atoms with E-state index in [1.807, 2.05) is 65.6 Å². The molecule has 7 heteroatoms. The van der Waals surface area contributed by atoms with Gasteiger partial charge in [-0.1, -0.05) is 92.7 Å². The van der Waals surface area contributed by atoms with Crippen molar-refractivity contribution in [3.63, 3.8) is 0 Å². The molecule has 6 rings (SSSR count). The third-order valence-electron chi connectivity index (χ3n) is 9.61. The molecular weight excluding hydrogens is 600 g/mol. The number of ether oxygens (including phenoxy) is 4. The molecule has 4 aromatic carbocycles. The van der Waals surface area contributed by atoms with Crippen molar-refractivity contribution in [1.29, 1.82) is 0 Å².